The van der Waals surface area contributed by atoms with E-state index in [1.165, 1.54) is 36.4 Å². The first kappa shape index (κ1) is 20.8. The Bertz CT molecular complexity index is 1370. The number of rotatable bonds is 5. The molecule has 4 rings (SSSR count). The third kappa shape index (κ3) is 3.69. The molecule has 162 valence electrons. The highest BCUT2D eigenvalue weighted by atomic mass is 16.6. The molecule has 1 N–H and O–H groups in total. The quantitative estimate of drug-likeness (QED) is 0.277. The molecule has 1 unspecified atom stereocenters. The van der Waals surface area contributed by atoms with Gasteiger partial charge in [0.1, 0.15) is 16.9 Å². The van der Waals surface area contributed by atoms with E-state index >= 15 is 0 Å². The van der Waals surface area contributed by atoms with Crippen molar-refractivity contribution in [2.24, 2.45) is 0 Å². The fourth-order valence-corrected chi connectivity index (χ4v) is 3.49. The maximum absolute atomic E-state index is 12.6. The Morgan fingerprint density at radius 1 is 1.16 bits per heavy atom. The van der Waals surface area contributed by atoms with Gasteiger partial charge in [0, 0.05) is 40.9 Å². The molecule has 0 fully saturated rings. The molecule has 0 radical (unpaired) electrons. The molecule has 3 aromatic rings. The second-order valence-electron chi connectivity index (χ2n) is 7.00. The lowest BCUT2D eigenvalue weighted by Gasteiger charge is -2.13. The lowest BCUT2D eigenvalue weighted by atomic mass is 10.0. The largest absolute Gasteiger partial charge is 0.465 e. The SMILES string of the molecule is COC(=O)C1=C(Nc2ccc3c(C)cc(=O)oc3c2)C(=O)OC1c1cccc([N+](=O)[O-])c1. The Morgan fingerprint density at radius 3 is 2.66 bits per heavy atom. The normalized spacial score (nSPS) is 15.6. The van der Waals surface area contributed by atoms with Crippen LogP contribution in [-0.4, -0.2) is 24.0 Å². The third-order valence-corrected chi connectivity index (χ3v) is 4.97. The second kappa shape index (κ2) is 7.99. The first-order valence-electron chi connectivity index (χ1n) is 9.38. The van der Waals surface area contributed by atoms with Crippen molar-refractivity contribution in [3.05, 3.63) is 91.5 Å². The van der Waals surface area contributed by atoms with Gasteiger partial charge in [-0.05, 0) is 24.6 Å². The van der Waals surface area contributed by atoms with Gasteiger partial charge in [0.15, 0.2) is 6.10 Å². The minimum absolute atomic E-state index is 0.135. The average molecular weight is 436 g/mol. The van der Waals surface area contributed by atoms with E-state index in [-0.39, 0.29) is 22.5 Å². The predicted octanol–water partition coefficient (Wildman–Crippen LogP) is 3.15. The number of anilines is 1. The number of aryl methyl sites for hydroxylation is 1. The summed E-state index contributed by atoms with van der Waals surface area (Å²) in [6.07, 6.45) is -1.20. The molecule has 0 amide bonds. The van der Waals surface area contributed by atoms with Crippen molar-refractivity contribution in [2.45, 2.75) is 13.0 Å². The Balaban J connectivity index is 1.79. The number of nitro benzene ring substituents is 1. The van der Waals surface area contributed by atoms with Crippen molar-refractivity contribution in [1.29, 1.82) is 0 Å². The third-order valence-electron chi connectivity index (χ3n) is 4.97. The molecule has 1 aliphatic rings. The van der Waals surface area contributed by atoms with E-state index in [1.807, 2.05) is 0 Å². The number of carbonyl (C=O) groups is 2. The van der Waals surface area contributed by atoms with E-state index in [4.69, 9.17) is 13.9 Å². The van der Waals surface area contributed by atoms with Crippen molar-refractivity contribution < 1.29 is 28.4 Å². The van der Waals surface area contributed by atoms with Gasteiger partial charge in [-0.1, -0.05) is 12.1 Å². The van der Waals surface area contributed by atoms with Crippen LogP contribution in [0.15, 0.2) is 69.0 Å². The van der Waals surface area contributed by atoms with Crippen LogP contribution in [0.3, 0.4) is 0 Å². The molecule has 0 saturated heterocycles. The zero-order chi connectivity index (χ0) is 23.0. The van der Waals surface area contributed by atoms with Crippen LogP contribution in [0, 0.1) is 17.0 Å². The molecule has 1 aliphatic heterocycles. The molecule has 10 heteroatoms. The fraction of sp³-hybridized carbons (Fsp3) is 0.136. The molecular formula is C22H16N2O8. The highest BCUT2D eigenvalue weighted by Gasteiger charge is 2.40. The molecule has 0 saturated carbocycles. The number of benzene rings is 2. The van der Waals surface area contributed by atoms with Gasteiger partial charge < -0.3 is 19.2 Å². The van der Waals surface area contributed by atoms with Gasteiger partial charge in [-0.2, -0.15) is 0 Å². The van der Waals surface area contributed by atoms with E-state index < -0.39 is 28.6 Å². The number of non-ortho nitro benzene ring substituents is 1. The van der Waals surface area contributed by atoms with Gasteiger partial charge in [-0.25, -0.2) is 14.4 Å². The first-order valence-corrected chi connectivity index (χ1v) is 9.38. The topological polar surface area (TPSA) is 138 Å². The van der Waals surface area contributed by atoms with Crippen molar-refractivity contribution in [2.75, 3.05) is 12.4 Å². The van der Waals surface area contributed by atoms with Crippen molar-refractivity contribution in [3.63, 3.8) is 0 Å². The van der Waals surface area contributed by atoms with Crippen LogP contribution in [0.2, 0.25) is 0 Å². The minimum atomic E-state index is -1.20. The number of nitro groups is 1. The number of esters is 2. The zero-order valence-electron chi connectivity index (χ0n) is 16.9. The Hall–Kier alpha value is -4.47. The van der Waals surface area contributed by atoms with Gasteiger partial charge in [-0.3, -0.25) is 10.1 Å². The summed E-state index contributed by atoms with van der Waals surface area (Å²) in [4.78, 5) is 47.4. The maximum atomic E-state index is 12.6. The summed E-state index contributed by atoms with van der Waals surface area (Å²) >= 11 is 0. The van der Waals surface area contributed by atoms with Crippen molar-refractivity contribution in [1.82, 2.24) is 0 Å². The predicted molar refractivity (Wildman–Crippen MR) is 112 cm³/mol. The summed E-state index contributed by atoms with van der Waals surface area (Å²) in [5.41, 5.74) is 0.567. The first-order chi connectivity index (χ1) is 15.3. The monoisotopic (exact) mass is 436 g/mol. The summed E-state index contributed by atoms with van der Waals surface area (Å²) in [6.45, 7) is 1.77. The Labute approximate surface area is 180 Å². The maximum Gasteiger partial charge on any atom is 0.356 e. The van der Waals surface area contributed by atoms with Crippen molar-refractivity contribution in [3.8, 4) is 0 Å². The van der Waals surface area contributed by atoms with E-state index in [0.717, 1.165) is 12.7 Å². The standard InChI is InChI=1S/C22H16N2O8/c1-11-8-17(25)31-16-10-13(6-7-15(11)16)23-19-18(21(26)30-2)20(32-22(19)27)12-4-3-5-14(9-12)24(28)29/h3-10,20,23H,1-2H3. The summed E-state index contributed by atoms with van der Waals surface area (Å²) in [5, 5.41) is 14.7. The molecule has 0 aliphatic carbocycles. The van der Waals surface area contributed by atoms with Gasteiger partial charge >= 0.3 is 17.6 Å². The van der Waals surface area contributed by atoms with E-state index in [2.05, 4.69) is 5.32 Å². The fourth-order valence-electron chi connectivity index (χ4n) is 3.49. The molecule has 10 nitrogen and oxygen atoms in total. The van der Waals surface area contributed by atoms with Crippen LogP contribution >= 0.6 is 0 Å². The minimum Gasteiger partial charge on any atom is -0.465 e. The summed E-state index contributed by atoms with van der Waals surface area (Å²) in [7, 11) is 1.15. The highest BCUT2D eigenvalue weighted by molar-refractivity contribution is 6.06. The molecule has 0 spiro atoms. The molecule has 0 bridgehead atoms. The van der Waals surface area contributed by atoms with Crippen LogP contribution in [0.25, 0.3) is 11.0 Å². The van der Waals surface area contributed by atoms with Gasteiger partial charge in [0.2, 0.25) is 0 Å². The number of cyclic esters (lactones) is 1. The highest BCUT2D eigenvalue weighted by Crippen LogP contribution is 2.37. The lowest BCUT2D eigenvalue weighted by Crippen LogP contribution is -2.14. The van der Waals surface area contributed by atoms with E-state index in [0.29, 0.717) is 16.7 Å². The molecule has 2 aromatic carbocycles. The van der Waals surface area contributed by atoms with Crippen molar-refractivity contribution >= 4 is 34.3 Å². The molecule has 32 heavy (non-hydrogen) atoms. The number of ether oxygens (including phenoxy) is 2. The molecule has 1 aromatic heterocycles. The van der Waals surface area contributed by atoms with Crippen LogP contribution in [0.5, 0.6) is 0 Å². The van der Waals surface area contributed by atoms with E-state index in [1.54, 1.807) is 19.1 Å². The number of methoxy groups -OCH3 is 1. The van der Waals surface area contributed by atoms with E-state index in [9.17, 15) is 24.5 Å². The number of hydrogen-bond acceptors (Lipinski definition) is 9. The molecule has 2 heterocycles. The molecule has 1 atom stereocenters. The Morgan fingerprint density at radius 2 is 1.94 bits per heavy atom. The summed E-state index contributed by atoms with van der Waals surface area (Å²) in [5.74, 6) is -1.68. The van der Waals surface area contributed by atoms with Crippen LogP contribution in [-0.2, 0) is 19.1 Å². The number of hydrogen-bond donors (Lipinski definition) is 1. The summed E-state index contributed by atoms with van der Waals surface area (Å²) < 4.78 is 15.4. The number of carbonyl (C=O) groups excluding carboxylic acids is 2. The van der Waals surface area contributed by atoms with Crippen LogP contribution in [0.1, 0.15) is 17.2 Å². The smallest absolute Gasteiger partial charge is 0.356 e. The van der Waals surface area contributed by atoms with Gasteiger partial charge in [0.05, 0.1) is 12.0 Å². The van der Waals surface area contributed by atoms with Gasteiger partial charge in [0.25, 0.3) is 5.69 Å². The lowest BCUT2D eigenvalue weighted by molar-refractivity contribution is -0.385. The van der Waals surface area contributed by atoms with Crippen LogP contribution < -0.4 is 10.9 Å². The Kier molecular flexibility index (Phi) is 5.19. The number of nitrogens with zero attached hydrogens (tertiary/aromatic N) is 1. The second-order valence-corrected chi connectivity index (χ2v) is 7.00. The summed E-state index contributed by atoms with van der Waals surface area (Å²) in [6, 6.07) is 11.7. The van der Waals surface area contributed by atoms with Crippen LogP contribution in [0.4, 0.5) is 11.4 Å². The number of fused-ring (bicyclic) bond motifs is 1. The average Bonchev–Trinajstić information content (AvgIpc) is 3.09. The zero-order valence-corrected chi connectivity index (χ0v) is 16.9. The van der Waals surface area contributed by atoms with Gasteiger partial charge in [-0.15, -0.1) is 0 Å². The number of nitrogens with one attached hydrogen (secondary N) is 1. The molecular weight excluding hydrogens is 420 g/mol.